The van der Waals surface area contributed by atoms with Gasteiger partial charge in [-0.2, -0.15) is 5.10 Å². The maximum absolute atomic E-state index is 12.0. The van der Waals surface area contributed by atoms with Crippen LogP contribution in [0.5, 0.6) is 11.5 Å². The number of ether oxygens (including phenoxy) is 1. The van der Waals surface area contributed by atoms with Crippen molar-refractivity contribution < 1.29 is 19.4 Å². The summed E-state index contributed by atoms with van der Waals surface area (Å²) in [5.74, 6) is -0.705. The van der Waals surface area contributed by atoms with Crippen molar-refractivity contribution in [3.63, 3.8) is 0 Å². The quantitative estimate of drug-likeness (QED) is 0.313. The smallest absolute Gasteiger partial charge is 0.353 e. The second-order valence-corrected chi connectivity index (χ2v) is 6.10. The number of hydrazone groups is 1. The highest BCUT2D eigenvalue weighted by molar-refractivity contribution is 7.12. The van der Waals surface area contributed by atoms with E-state index < -0.39 is 11.9 Å². The van der Waals surface area contributed by atoms with Gasteiger partial charge >= 0.3 is 5.97 Å². The number of aromatic hydroxyl groups is 1. The molecular weight excluding hydrogens is 352 g/mol. The first kappa shape index (κ1) is 17.4. The Bertz CT molecular complexity index is 952. The standard InChI is InChI=1S/C19H14N2O4S/c22-16-8-2-1-7-15(16)18(23)21-20-12-13-5-3-6-14(11-13)25-19(24)17-9-4-10-26-17/h1-12,22H,(H,21,23). The largest absolute Gasteiger partial charge is 0.507 e. The van der Waals surface area contributed by atoms with Crippen LogP contribution in [0.4, 0.5) is 0 Å². The van der Waals surface area contributed by atoms with E-state index in [0.29, 0.717) is 16.2 Å². The maximum Gasteiger partial charge on any atom is 0.353 e. The summed E-state index contributed by atoms with van der Waals surface area (Å²) >= 11 is 1.30. The van der Waals surface area contributed by atoms with Gasteiger partial charge in [0.1, 0.15) is 16.4 Å². The van der Waals surface area contributed by atoms with Gasteiger partial charge in [0.15, 0.2) is 0 Å². The van der Waals surface area contributed by atoms with E-state index in [2.05, 4.69) is 10.5 Å². The van der Waals surface area contributed by atoms with Crippen LogP contribution in [0.15, 0.2) is 71.1 Å². The molecule has 0 saturated carbocycles. The molecule has 1 heterocycles. The lowest BCUT2D eigenvalue weighted by Gasteiger charge is -2.04. The number of nitrogens with one attached hydrogen (secondary N) is 1. The molecule has 130 valence electrons. The number of carbonyl (C=O) groups excluding carboxylic acids is 2. The Morgan fingerprint density at radius 1 is 1.08 bits per heavy atom. The Kier molecular flexibility index (Phi) is 5.40. The van der Waals surface area contributed by atoms with Gasteiger partial charge in [0, 0.05) is 0 Å². The Morgan fingerprint density at radius 3 is 2.69 bits per heavy atom. The topological polar surface area (TPSA) is 88.0 Å². The molecule has 6 nitrogen and oxygen atoms in total. The molecular formula is C19H14N2O4S. The van der Waals surface area contributed by atoms with Crippen molar-refractivity contribution >= 4 is 29.4 Å². The summed E-state index contributed by atoms with van der Waals surface area (Å²) in [6.07, 6.45) is 1.42. The maximum atomic E-state index is 12.0. The van der Waals surface area contributed by atoms with Crippen LogP contribution in [0.1, 0.15) is 25.6 Å². The average Bonchev–Trinajstić information content (AvgIpc) is 3.17. The van der Waals surface area contributed by atoms with Gasteiger partial charge in [-0.15, -0.1) is 11.3 Å². The number of carbonyl (C=O) groups is 2. The second-order valence-electron chi connectivity index (χ2n) is 5.16. The third-order valence-electron chi connectivity index (χ3n) is 3.32. The van der Waals surface area contributed by atoms with Gasteiger partial charge in [0.25, 0.3) is 5.91 Å². The van der Waals surface area contributed by atoms with E-state index in [9.17, 15) is 14.7 Å². The predicted octanol–water partition coefficient (Wildman–Crippen LogP) is 3.44. The Morgan fingerprint density at radius 2 is 1.92 bits per heavy atom. The number of esters is 1. The van der Waals surface area contributed by atoms with E-state index >= 15 is 0 Å². The first-order valence-electron chi connectivity index (χ1n) is 7.60. The van der Waals surface area contributed by atoms with Crippen LogP contribution in [-0.2, 0) is 0 Å². The van der Waals surface area contributed by atoms with Gasteiger partial charge in [-0.05, 0) is 41.3 Å². The zero-order chi connectivity index (χ0) is 18.4. The van der Waals surface area contributed by atoms with E-state index in [1.165, 1.54) is 29.7 Å². The molecule has 2 N–H and O–H groups in total. The molecule has 0 aliphatic carbocycles. The lowest BCUT2D eigenvalue weighted by Crippen LogP contribution is -2.17. The first-order valence-corrected chi connectivity index (χ1v) is 8.48. The zero-order valence-corrected chi connectivity index (χ0v) is 14.3. The fraction of sp³-hybridized carbons (Fsp3) is 0. The number of para-hydroxylation sites is 1. The number of nitrogens with zero attached hydrogens (tertiary/aromatic N) is 1. The summed E-state index contributed by atoms with van der Waals surface area (Å²) in [4.78, 5) is 24.4. The van der Waals surface area contributed by atoms with E-state index in [4.69, 9.17) is 4.74 Å². The van der Waals surface area contributed by atoms with Crippen LogP contribution in [0.25, 0.3) is 0 Å². The number of phenols is 1. The van der Waals surface area contributed by atoms with Crippen LogP contribution in [-0.4, -0.2) is 23.2 Å². The molecule has 0 aliphatic heterocycles. The first-order chi connectivity index (χ1) is 12.6. The Hall–Kier alpha value is -3.45. The summed E-state index contributed by atoms with van der Waals surface area (Å²) < 4.78 is 5.30. The van der Waals surface area contributed by atoms with Crippen LogP contribution in [0, 0.1) is 0 Å². The van der Waals surface area contributed by atoms with Gasteiger partial charge in [-0.3, -0.25) is 4.79 Å². The normalized spacial score (nSPS) is 10.6. The molecule has 1 aromatic heterocycles. The fourth-order valence-corrected chi connectivity index (χ4v) is 2.70. The van der Waals surface area contributed by atoms with Gasteiger partial charge in [0.05, 0.1) is 11.8 Å². The molecule has 0 fully saturated rings. The van der Waals surface area contributed by atoms with Gasteiger partial charge in [0.2, 0.25) is 0 Å². The van der Waals surface area contributed by atoms with Gasteiger partial charge in [-0.1, -0.05) is 30.3 Å². The van der Waals surface area contributed by atoms with Crippen LogP contribution in [0.3, 0.4) is 0 Å². The summed E-state index contributed by atoms with van der Waals surface area (Å²) in [5.41, 5.74) is 3.10. The molecule has 0 atom stereocenters. The summed E-state index contributed by atoms with van der Waals surface area (Å²) in [6, 6.07) is 16.4. The third-order valence-corrected chi connectivity index (χ3v) is 4.17. The van der Waals surface area contributed by atoms with Crippen molar-refractivity contribution in [2.75, 3.05) is 0 Å². The molecule has 0 unspecified atom stereocenters. The minimum absolute atomic E-state index is 0.123. The molecule has 7 heteroatoms. The van der Waals surface area contributed by atoms with Crippen molar-refractivity contribution in [2.24, 2.45) is 5.10 Å². The zero-order valence-electron chi connectivity index (χ0n) is 13.5. The summed E-state index contributed by atoms with van der Waals surface area (Å²) in [6.45, 7) is 0. The third kappa shape index (κ3) is 4.34. The highest BCUT2D eigenvalue weighted by atomic mass is 32.1. The molecule has 1 amide bonds. The lowest BCUT2D eigenvalue weighted by atomic mass is 10.2. The molecule has 0 aliphatic rings. The Labute approximate surface area is 153 Å². The highest BCUT2D eigenvalue weighted by Crippen LogP contribution is 2.17. The van der Waals surface area contributed by atoms with Crippen LogP contribution < -0.4 is 10.2 Å². The van der Waals surface area contributed by atoms with Crippen molar-refractivity contribution in [2.45, 2.75) is 0 Å². The molecule has 26 heavy (non-hydrogen) atoms. The van der Waals surface area contributed by atoms with Gasteiger partial charge in [-0.25, -0.2) is 10.2 Å². The summed E-state index contributed by atoms with van der Waals surface area (Å²) in [7, 11) is 0. The molecule has 0 radical (unpaired) electrons. The highest BCUT2D eigenvalue weighted by Gasteiger charge is 2.10. The van der Waals surface area contributed by atoms with E-state index in [1.54, 1.807) is 53.9 Å². The monoisotopic (exact) mass is 366 g/mol. The number of rotatable bonds is 5. The van der Waals surface area contributed by atoms with Crippen LogP contribution in [0.2, 0.25) is 0 Å². The van der Waals surface area contributed by atoms with Crippen molar-refractivity contribution in [1.29, 1.82) is 0 Å². The number of hydrogen-bond acceptors (Lipinski definition) is 6. The van der Waals surface area contributed by atoms with Crippen molar-refractivity contribution in [3.05, 3.63) is 82.0 Å². The fourth-order valence-electron chi connectivity index (χ4n) is 2.10. The lowest BCUT2D eigenvalue weighted by molar-refractivity contribution is 0.0739. The molecule has 3 aromatic rings. The average molecular weight is 366 g/mol. The molecule has 2 aromatic carbocycles. The van der Waals surface area contributed by atoms with E-state index in [-0.39, 0.29) is 11.3 Å². The number of thiophene rings is 1. The second kappa shape index (κ2) is 8.09. The Balaban J connectivity index is 1.63. The molecule has 3 rings (SSSR count). The van der Waals surface area contributed by atoms with Crippen molar-refractivity contribution in [1.82, 2.24) is 5.43 Å². The minimum Gasteiger partial charge on any atom is -0.507 e. The van der Waals surface area contributed by atoms with Crippen molar-refractivity contribution in [3.8, 4) is 11.5 Å². The predicted molar refractivity (Wildman–Crippen MR) is 98.9 cm³/mol. The molecule has 0 spiro atoms. The number of hydrogen-bond donors (Lipinski definition) is 2. The minimum atomic E-state index is -0.528. The number of phenolic OH excluding ortho intramolecular Hbond substituents is 1. The van der Waals surface area contributed by atoms with E-state index in [1.807, 2.05) is 0 Å². The summed E-state index contributed by atoms with van der Waals surface area (Å²) in [5, 5.41) is 15.3. The van der Waals surface area contributed by atoms with Crippen LogP contribution >= 0.6 is 11.3 Å². The number of amides is 1. The molecule has 0 saturated heterocycles. The number of benzene rings is 2. The molecule has 0 bridgehead atoms. The van der Waals surface area contributed by atoms with E-state index in [0.717, 1.165) is 0 Å². The van der Waals surface area contributed by atoms with Gasteiger partial charge < -0.3 is 9.84 Å². The SMILES string of the molecule is O=C(Oc1cccc(C=NNC(=O)c2ccccc2O)c1)c1cccs1.